The van der Waals surface area contributed by atoms with Gasteiger partial charge in [-0.25, -0.2) is 0 Å². The van der Waals surface area contributed by atoms with Gasteiger partial charge in [-0.3, -0.25) is 10.1 Å². The minimum Gasteiger partial charge on any atom is -0.326 e. The summed E-state index contributed by atoms with van der Waals surface area (Å²) in [4.78, 5) is 14.6. The van der Waals surface area contributed by atoms with Crippen LogP contribution in [-0.2, 0) is 4.79 Å². The topological polar surface area (TPSA) is 32.3 Å². The third-order valence-corrected chi connectivity index (χ3v) is 4.79. The quantitative estimate of drug-likeness (QED) is 0.816. The van der Waals surface area contributed by atoms with Crippen molar-refractivity contribution in [2.75, 3.05) is 6.54 Å². The summed E-state index contributed by atoms with van der Waals surface area (Å²) in [6.45, 7) is 7.64. The van der Waals surface area contributed by atoms with Crippen molar-refractivity contribution < 1.29 is 4.79 Å². The van der Waals surface area contributed by atoms with Gasteiger partial charge in [-0.2, -0.15) is 0 Å². The second-order valence-electron chi connectivity index (χ2n) is 6.09. The molecule has 3 nitrogen and oxygen atoms in total. The fraction of sp³-hybridized carbons (Fsp3) is 0.933. The Morgan fingerprint density at radius 1 is 1.33 bits per heavy atom. The molecule has 0 radical (unpaired) electrons. The van der Waals surface area contributed by atoms with Crippen LogP contribution in [-0.4, -0.2) is 29.6 Å². The number of carbonyl (C=O) groups excluding carboxylic acids is 1. The summed E-state index contributed by atoms with van der Waals surface area (Å²) in [7, 11) is 0. The van der Waals surface area contributed by atoms with Crippen molar-refractivity contribution in [1.82, 2.24) is 10.2 Å². The summed E-state index contributed by atoms with van der Waals surface area (Å²) in [5.74, 6) is 1.87. The zero-order chi connectivity index (χ0) is 13.1. The largest absolute Gasteiger partial charge is 0.326 e. The van der Waals surface area contributed by atoms with Gasteiger partial charge in [-0.05, 0) is 31.1 Å². The first-order valence-electron chi connectivity index (χ1n) is 7.73. The zero-order valence-electron chi connectivity index (χ0n) is 12.1. The molecule has 0 aromatic heterocycles. The van der Waals surface area contributed by atoms with E-state index in [1.165, 1.54) is 19.3 Å². The predicted octanol–water partition coefficient (Wildman–Crippen LogP) is 2.76. The highest BCUT2D eigenvalue weighted by Gasteiger charge is 2.39. The molecule has 2 fully saturated rings. The maximum Gasteiger partial charge on any atom is 0.241 e. The first-order valence-corrected chi connectivity index (χ1v) is 7.73. The Hall–Kier alpha value is -0.570. The lowest BCUT2D eigenvalue weighted by atomic mass is 9.97. The third kappa shape index (κ3) is 2.71. The molecule has 4 unspecified atom stereocenters. The molecule has 2 rings (SSSR count). The lowest BCUT2D eigenvalue weighted by Crippen LogP contribution is -2.40. The van der Waals surface area contributed by atoms with E-state index in [9.17, 15) is 4.79 Å². The summed E-state index contributed by atoms with van der Waals surface area (Å²) < 4.78 is 0. The summed E-state index contributed by atoms with van der Waals surface area (Å²) in [6.07, 6.45) is 7.35. The van der Waals surface area contributed by atoms with Crippen LogP contribution in [0.25, 0.3) is 0 Å². The first kappa shape index (κ1) is 13.9. The van der Waals surface area contributed by atoms with E-state index < -0.39 is 0 Å². The highest BCUT2D eigenvalue weighted by Crippen LogP contribution is 2.33. The van der Waals surface area contributed by atoms with Crippen molar-refractivity contribution in [1.29, 1.82) is 0 Å². The fourth-order valence-corrected chi connectivity index (χ4v) is 3.54. The number of nitrogens with one attached hydrogen (secondary N) is 1. The van der Waals surface area contributed by atoms with Gasteiger partial charge in [-0.15, -0.1) is 0 Å². The van der Waals surface area contributed by atoms with Crippen molar-refractivity contribution in [2.24, 2.45) is 11.8 Å². The van der Waals surface area contributed by atoms with Crippen LogP contribution < -0.4 is 5.32 Å². The van der Waals surface area contributed by atoms with E-state index in [0.717, 1.165) is 37.6 Å². The Labute approximate surface area is 111 Å². The Morgan fingerprint density at radius 2 is 2.11 bits per heavy atom. The molecule has 18 heavy (non-hydrogen) atoms. The van der Waals surface area contributed by atoms with E-state index in [0.29, 0.717) is 5.91 Å². The number of hydrogen-bond acceptors (Lipinski definition) is 2. The number of carbonyl (C=O) groups is 1. The maximum atomic E-state index is 12.4. The lowest BCUT2D eigenvalue weighted by molar-refractivity contribution is -0.130. The summed E-state index contributed by atoms with van der Waals surface area (Å²) in [5, 5.41) is 3.51. The van der Waals surface area contributed by atoms with Crippen molar-refractivity contribution in [2.45, 2.75) is 71.5 Å². The van der Waals surface area contributed by atoms with Crippen LogP contribution in [0.3, 0.4) is 0 Å². The molecule has 1 aliphatic carbocycles. The van der Waals surface area contributed by atoms with E-state index in [-0.39, 0.29) is 12.2 Å². The van der Waals surface area contributed by atoms with Gasteiger partial charge in [-0.1, -0.05) is 40.0 Å². The number of amides is 1. The Kier molecular flexibility index (Phi) is 4.66. The van der Waals surface area contributed by atoms with Gasteiger partial charge in [0.1, 0.15) is 0 Å². The predicted molar refractivity (Wildman–Crippen MR) is 74.1 cm³/mol. The van der Waals surface area contributed by atoms with E-state index in [2.05, 4.69) is 31.0 Å². The van der Waals surface area contributed by atoms with Gasteiger partial charge in [0.2, 0.25) is 5.91 Å². The van der Waals surface area contributed by atoms with Crippen molar-refractivity contribution in [3.63, 3.8) is 0 Å². The Morgan fingerprint density at radius 3 is 2.67 bits per heavy atom. The van der Waals surface area contributed by atoms with Gasteiger partial charge >= 0.3 is 0 Å². The van der Waals surface area contributed by atoms with Crippen LogP contribution in [0.4, 0.5) is 0 Å². The van der Waals surface area contributed by atoms with Gasteiger partial charge in [0.15, 0.2) is 0 Å². The molecule has 2 aliphatic rings. The van der Waals surface area contributed by atoms with Crippen molar-refractivity contribution in [3.05, 3.63) is 0 Å². The SMILES string of the molecule is CCCC1NC(CC)N(CC2CCCC2C)C1=O. The Balaban J connectivity index is 1.98. The molecule has 1 N–H and O–H groups in total. The van der Waals surface area contributed by atoms with E-state index >= 15 is 0 Å². The van der Waals surface area contributed by atoms with Crippen LogP contribution in [0.15, 0.2) is 0 Å². The third-order valence-electron chi connectivity index (χ3n) is 4.79. The molecule has 4 atom stereocenters. The standard InChI is InChI=1S/C15H28N2O/c1-4-7-13-15(18)17(14(5-2)16-13)10-12-9-6-8-11(12)3/h11-14,16H,4-10H2,1-3H3. The molecule has 1 heterocycles. The molecular weight excluding hydrogens is 224 g/mol. The minimum atomic E-state index is 0.0802. The smallest absolute Gasteiger partial charge is 0.241 e. The zero-order valence-corrected chi connectivity index (χ0v) is 12.1. The van der Waals surface area contributed by atoms with E-state index in [4.69, 9.17) is 0 Å². The summed E-state index contributed by atoms with van der Waals surface area (Å²) >= 11 is 0. The molecule has 1 aliphatic heterocycles. The molecule has 1 saturated heterocycles. The molecule has 0 aromatic rings. The van der Waals surface area contributed by atoms with E-state index in [1.54, 1.807) is 0 Å². The highest BCUT2D eigenvalue weighted by molar-refractivity contribution is 5.84. The molecule has 0 bridgehead atoms. The number of nitrogens with zero attached hydrogens (tertiary/aromatic N) is 1. The lowest BCUT2D eigenvalue weighted by Gasteiger charge is -2.28. The molecule has 104 valence electrons. The Bertz CT molecular complexity index is 292. The second-order valence-corrected chi connectivity index (χ2v) is 6.09. The fourth-order valence-electron chi connectivity index (χ4n) is 3.54. The van der Waals surface area contributed by atoms with Gasteiger partial charge in [0, 0.05) is 6.54 Å². The normalized spacial score (nSPS) is 36.6. The average molecular weight is 252 g/mol. The van der Waals surface area contributed by atoms with Gasteiger partial charge < -0.3 is 4.90 Å². The van der Waals surface area contributed by atoms with Crippen LogP contribution in [0, 0.1) is 11.8 Å². The van der Waals surface area contributed by atoms with Gasteiger partial charge in [0.25, 0.3) is 0 Å². The number of hydrogen-bond donors (Lipinski definition) is 1. The molecule has 0 spiro atoms. The van der Waals surface area contributed by atoms with Crippen molar-refractivity contribution in [3.8, 4) is 0 Å². The van der Waals surface area contributed by atoms with Crippen LogP contribution >= 0.6 is 0 Å². The molecule has 0 aromatic carbocycles. The van der Waals surface area contributed by atoms with Gasteiger partial charge in [0.05, 0.1) is 12.2 Å². The van der Waals surface area contributed by atoms with Crippen LogP contribution in [0.1, 0.15) is 59.3 Å². The summed E-state index contributed by atoms with van der Waals surface area (Å²) in [5.41, 5.74) is 0. The first-order chi connectivity index (χ1) is 8.67. The van der Waals surface area contributed by atoms with E-state index in [1.807, 2.05) is 0 Å². The average Bonchev–Trinajstić information content (AvgIpc) is 2.88. The summed E-state index contributed by atoms with van der Waals surface area (Å²) in [6, 6.07) is 0.0802. The molecule has 3 heteroatoms. The molecule has 1 amide bonds. The van der Waals surface area contributed by atoms with Crippen LogP contribution in [0.5, 0.6) is 0 Å². The van der Waals surface area contributed by atoms with Crippen molar-refractivity contribution >= 4 is 5.91 Å². The molecule has 1 saturated carbocycles. The molecular formula is C15H28N2O. The van der Waals surface area contributed by atoms with Crippen LogP contribution in [0.2, 0.25) is 0 Å². The highest BCUT2D eigenvalue weighted by atomic mass is 16.2. The maximum absolute atomic E-state index is 12.4. The second kappa shape index (κ2) is 6.05. The minimum absolute atomic E-state index is 0.0802. The monoisotopic (exact) mass is 252 g/mol. The number of rotatable bonds is 5.